The van der Waals surface area contributed by atoms with Gasteiger partial charge in [-0.3, -0.25) is 14.9 Å². The van der Waals surface area contributed by atoms with Gasteiger partial charge < -0.3 is 19.5 Å². The predicted octanol–water partition coefficient (Wildman–Crippen LogP) is 8.00. The van der Waals surface area contributed by atoms with Gasteiger partial charge in [0, 0.05) is 28.4 Å². The highest BCUT2D eigenvalue weighted by atomic mass is 35.5. The lowest BCUT2D eigenvalue weighted by molar-refractivity contribution is -0.384. The minimum Gasteiger partial charge on any atom is -0.490 e. The summed E-state index contributed by atoms with van der Waals surface area (Å²) in [5.41, 5.74) is 2.28. The quantitative estimate of drug-likeness (QED) is 0.0738. The maximum atomic E-state index is 12.9. The molecule has 11 heteroatoms. The summed E-state index contributed by atoms with van der Waals surface area (Å²) >= 11 is 12.7. The largest absolute Gasteiger partial charge is 0.490 e. The van der Waals surface area contributed by atoms with Crippen molar-refractivity contribution in [2.24, 2.45) is 0 Å². The first-order valence-corrected chi connectivity index (χ1v) is 13.7. The fraction of sp³-hybridized carbons (Fsp3) is 0.125. The molecule has 4 rings (SSSR count). The third-order valence-corrected chi connectivity index (χ3v) is 6.65. The van der Waals surface area contributed by atoms with E-state index in [1.54, 1.807) is 61.5 Å². The van der Waals surface area contributed by atoms with Crippen LogP contribution in [0.5, 0.6) is 17.2 Å². The summed E-state index contributed by atoms with van der Waals surface area (Å²) in [5.74, 6) is 0.551. The van der Waals surface area contributed by atoms with E-state index in [1.807, 2.05) is 24.3 Å². The maximum Gasteiger partial charge on any atom is 0.269 e. The number of anilines is 1. The van der Waals surface area contributed by atoms with Crippen molar-refractivity contribution < 1.29 is 23.9 Å². The van der Waals surface area contributed by atoms with Crippen molar-refractivity contribution in [3.8, 4) is 23.3 Å². The zero-order chi connectivity index (χ0) is 30.8. The minimum atomic E-state index is -0.611. The second kappa shape index (κ2) is 14.7. The van der Waals surface area contributed by atoms with Gasteiger partial charge in [-0.2, -0.15) is 5.26 Å². The molecule has 0 atom stereocenters. The molecule has 0 aliphatic rings. The Bertz CT molecular complexity index is 1680. The number of hydrogen-bond acceptors (Lipinski definition) is 7. The van der Waals surface area contributed by atoms with Crippen molar-refractivity contribution in [3.05, 3.63) is 127 Å². The lowest BCUT2D eigenvalue weighted by Crippen LogP contribution is -2.13. The van der Waals surface area contributed by atoms with Crippen molar-refractivity contribution in [2.75, 3.05) is 11.9 Å². The summed E-state index contributed by atoms with van der Waals surface area (Å²) in [6.07, 6.45) is 1.39. The standard InChI is InChI=1S/C32H25Cl2N3O6/c1-2-41-30-17-22(16-29(34)31(30)43-19-21-7-11-26(12-8-21)37(39)40)15-24(18-35)32(38)36-25-9-13-27(14-10-25)42-20-23-5-3-4-6-28(23)33/h3-17H,2,19-20H2,1H3,(H,36,38)/b24-15+. The Kier molecular flexibility index (Phi) is 10.6. The SMILES string of the molecule is CCOc1cc(/C=C(\C#N)C(=O)Nc2ccc(OCc3ccccc3Cl)cc2)cc(Cl)c1OCc1ccc([N+](=O)[O-])cc1. The van der Waals surface area contributed by atoms with Crippen LogP contribution in [0.25, 0.3) is 6.08 Å². The number of rotatable bonds is 12. The Balaban J connectivity index is 1.43. The van der Waals surface area contributed by atoms with Crippen LogP contribution in [0, 0.1) is 21.4 Å². The van der Waals surface area contributed by atoms with Gasteiger partial charge in [-0.15, -0.1) is 0 Å². The van der Waals surface area contributed by atoms with Crippen LogP contribution in [0.1, 0.15) is 23.6 Å². The number of nitrogens with one attached hydrogen (secondary N) is 1. The molecule has 4 aromatic carbocycles. The highest BCUT2D eigenvalue weighted by molar-refractivity contribution is 6.32. The monoisotopic (exact) mass is 617 g/mol. The van der Waals surface area contributed by atoms with Crippen molar-refractivity contribution in [1.82, 2.24) is 0 Å². The van der Waals surface area contributed by atoms with Crippen molar-refractivity contribution >= 4 is 46.6 Å². The third-order valence-electron chi connectivity index (χ3n) is 6.00. The highest BCUT2D eigenvalue weighted by Crippen LogP contribution is 2.38. The van der Waals surface area contributed by atoms with Gasteiger partial charge in [0.2, 0.25) is 0 Å². The van der Waals surface area contributed by atoms with Crippen LogP contribution in [0.2, 0.25) is 10.0 Å². The number of carbonyl (C=O) groups excluding carboxylic acids is 1. The minimum absolute atomic E-state index is 0.0270. The average Bonchev–Trinajstić information content (AvgIpc) is 3.00. The Hall–Kier alpha value is -5.04. The molecule has 9 nitrogen and oxygen atoms in total. The van der Waals surface area contributed by atoms with Crippen molar-refractivity contribution in [1.29, 1.82) is 5.26 Å². The molecule has 0 saturated carbocycles. The van der Waals surface area contributed by atoms with Crippen molar-refractivity contribution in [2.45, 2.75) is 20.1 Å². The fourth-order valence-electron chi connectivity index (χ4n) is 3.87. The number of nitro benzene ring substituents is 1. The first-order chi connectivity index (χ1) is 20.8. The van der Waals surface area contributed by atoms with Crippen LogP contribution in [0.15, 0.2) is 90.5 Å². The molecular formula is C32H25Cl2N3O6. The molecule has 4 aromatic rings. The van der Waals surface area contributed by atoms with Gasteiger partial charge >= 0.3 is 0 Å². The maximum absolute atomic E-state index is 12.9. The topological polar surface area (TPSA) is 124 Å². The van der Waals surface area contributed by atoms with E-state index in [9.17, 15) is 20.2 Å². The van der Waals surface area contributed by atoms with Crippen LogP contribution in [-0.4, -0.2) is 17.4 Å². The molecule has 0 heterocycles. The summed E-state index contributed by atoms with van der Waals surface area (Å²) < 4.78 is 17.3. The highest BCUT2D eigenvalue weighted by Gasteiger charge is 2.16. The van der Waals surface area contributed by atoms with Gasteiger partial charge in [0.1, 0.15) is 30.6 Å². The van der Waals surface area contributed by atoms with E-state index in [2.05, 4.69) is 5.32 Å². The van der Waals surface area contributed by atoms with Crippen LogP contribution in [0.3, 0.4) is 0 Å². The molecular weight excluding hydrogens is 593 g/mol. The van der Waals surface area contributed by atoms with Gasteiger partial charge in [0.25, 0.3) is 11.6 Å². The van der Waals surface area contributed by atoms with Gasteiger partial charge in [0.05, 0.1) is 16.6 Å². The third kappa shape index (κ3) is 8.49. The van der Waals surface area contributed by atoms with Crippen LogP contribution < -0.4 is 19.5 Å². The molecule has 43 heavy (non-hydrogen) atoms. The Morgan fingerprint density at radius 2 is 1.67 bits per heavy atom. The van der Waals surface area contributed by atoms with Gasteiger partial charge in [-0.05, 0) is 78.7 Å². The zero-order valence-corrected chi connectivity index (χ0v) is 24.4. The first-order valence-electron chi connectivity index (χ1n) is 13.0. The Morgan fingerprint density at radius 1 is 0.953 bits per heavy atom. The number of benzene rings is 4. The number of ether oxygens (including phenoxy) is 3. The van der Waals surface area contributed by atoms with E-state index >= 15 is 0 Å². The average molecular weight is 618 g/mol. The molecule has 0 aliphatic carbocycles. The summed E-state index contributed by atoms with van der Waals surface area (Å²) in [5, 5.41) is 24.1. The Labute approximate surface area is 258 Å². The molecule has 1 N–H and O–H groups in total. The molecule has 0 fully saturated rings. The second-order valence-corrected chi connectivity index (χ2v) is 9.82. The van der Waals surface area contributed by atoms with Crippen molar-refractivity contribution in [3.63, 3.8) is 0 Å². The summed E-state index contributed by atoms with van der Waals surface area (Å²) in [4.78, 5) is 23.3. The number of halogens is 2. The lowest BCUT2D eigenvalue weighted by Gasteiger charge is -2.15. The molecule has 0 unspecified atom stereocenters. The van der Waals surface area contributed by atoms with E-state index in [0.29, 0.717) is 46.5 Å². The van der Waals surface area contributed by atoms with Crippen LogP contribution in [0.4, 0.5) is 11.4 Å². The van der Waals surface area contributed by atoms with E-state index < -0.39 is 10.8 Å². The van der Waals surface area contributed by atoms with Crippen LogP contribution in [-0.2, 0) is 18.0 Å². The second-order valence-electron chi connectivity index (χ2n) is 9.00. The van der Waals surface area contributed by atoms with Gasteiger partial charge in [-0.1, -0.05) is 41.4 Å². The summed E-state index contributed by atoms with van der Waals surface area (Å²) in [6, 6.07) is 25.1. The Morgan fingerprint density at radius 3 is 2.33 bits per heavy atom. The molecule has 0 aliphatic heterocycles. The molecule has 0 bridgehead atoms. The predicted molar refractivity (Wildman–Crippen MR) is 164 cm³/mol. The number of carbonyl (C=O) groups is 1. The molecule has 0 saturated heterocycles. The number of nitrogens with zero attached hydrogens (tertiary/aromatic N) is 2. The number of amides is 1. The van der Waals surface area contributed by atoms with E-state index in [0.717, 1.165) is 5.56 Å². The lowest BCUT2D eigenvalue weighted by atomic mass is 10.1. The first kappa shape index (κ1) is 30.9. The number of nitriles is 1. The fourth-order valence-corrected chi connectivity index (χ4v) is 4.33. The molecule has 0 aromatic heterocycles. The van der Waals surface area contributed by atoms with Gasteiger partial charge in [0.15, 0.2) is 11.5 Å². The molecule has 218 valence electrons. The number of hydrogen-bond donors (Lipinski definition) is 1. The van der Waals surface area contributed by atoms with E-state index in [-0.39, 0.29) is 28.6 Å². The number of nitro groups is 1. The molecule has 1 amide bonds. The van der Waals surface area contributed by atoms with E-state index in [1.165, 1.54) is 18.2 Å². The normalized spacial score (nSPS) is 10.9. The van der Waals surface area contributed by atoms with Crippen LogP contribution >= 0.6 is 23.2 Å². The summed E-state index contributed by atoms with van der Waals surface area (Å²) in [7, 11) is 0. The zero-order valence-electron chi connectivity index (χ0n) is 22.9. The number of non-ortho nitro benzene ring substituents is 1. The smallest absolute Gasteiger partial charge is 0.269 e. The van der Waals surface area contributed by atoms with E-state index in [4.69, 9.17) is 37.4 Å². The van der Waals surface area contributed by atoms with Gasteiger partial charge in [-0.25, -0.2) is 0 Å². The molecule has 0 radical (unpaired) electrons. The molecule has 0 spiro atoms. The summed E-state index contributed by atoms with van der Waals surface area (Å²) in [6.45, 7) is 2.47.